The van der Waals surface area contributed by atoms with Gasteiger partial charge in [0.1, 0.15) is 0 Å². The Labute approximate surface area is 193 Å². The van der Waals surface area contributed by atoms with Crippen LogP contribution in [0.3, 0.4) is 0 Å². The molecule has 2 aliphatic rings. The summed E-state index contributed by atoms with van der Waals surface area (Å²) in [7, 11) is 0. The van der Waals surface area contributed by atoms with Crippen molar-refractivity contribution in [3.8, 4) is 0 Å². The molecule has 0 unspecified atom stereocenters. The van der Waals surface area contributed by atoms with Crippen LogP contribution in [0.1, 0.15) is 50.2 Å². The first-order valence-electron chi connectivity index (χ1n) is 11.1. The number of benzene rings is 2. The van der Waals surface area contributed by atoms with E-state index in [1.807, 2.05) is 37.7 Å². The molecule has 3 amide bonds. The summed E-state index contributed by atoms with van der Waals surface area (Å²) in [6, 6.07) is 11.5. The van der Waals surface area contributed by atoms with Gasteiger partial charge in [0.05, 0.1) is 11.1 Å². The molecule has 0 aromatic heterocycles. The van der Waals surface area contributed by atoms with Crippen LogP contribution in [0, 0.1) is 13.8 Å². The molecule has 0 saturated carbocycles. The maximum atomic E-state index is 12.6. The van der Waals surface area contributed by atoms with Crippen molar-refractivity contribution in [3.63, 3.8) is 0 Å². The highest BCUT2D eigenvalue weighted by Gasteiger charge is 2.34. The fraction of sp³-hybridized carbons (Fsp3) is 0.400. The average Bonchev–Trinajstić information content (AvgIpc) is 3.01. The molecule has 1 saturated heterocycles. The van der Waals surface area contributed by atoms with Gasteiger partial charge in [-0.2, -0.15) is 11.8 Å². The molecule has 168 valence electrons. The first-order chi connectivity index (χ1) is 15.4. The molecule has 0 spiro atoms. The Morgan fingerprint density at radius 2 is 1.75 bits per heavy atom. The van der Waals surface area contributed by atoms with E-state index in [0.29, 0.717) is 17.5 Å². The van der Waals surface area contributed by atoms with Crippen molar-refractivity contribution in [2.75, 3.05) is 36.5 Å². The van der Waals surface area contributed by atoms with Crippen LogP contribution in [0.2, 0.25) is 0 Å². The number of carbonyl (C=O) groups excluding carboxylic acids is 3. The number of nitrogens with one attached hydrogen (secondary N) is 1. The first kappa shape index (κ1) is 22.6. The molecule has 2 aliphatic heterocycles. The van der Waals surface area contributed by atoms with E-state index in [4.69, 9.17) is 0 Å². The van der Waals surface area contributed by atoms with Gasteiger partial charge in [-0.05, 0) is 49.6 Å². The summed E-state index contributed by atoms with van der Waals surface area (Å²) < 4.78 is 0. The number of imide groups is 1. The molecular formula is C25H29N3O3S. The van der Waals surface area contributed by atoms with Gasteiger partial charge in [0.15, 0.2) is 0 Å². The van der Waals surface area contributed by atoms with Crippen LogP contribution in [0.15, 0.2) is 36.4 Å². The van der Waals surface area contributed by atoms with Gasteiger partial charge in [-0.3, -0.25) is 24.2 Å². The summed E-state index contributed by atoms with van der Waals surface area (Å²) in [5.41, 5.74) is 4.90. The minimum Gasteiger partial charge on any atom is -0.326 e. The molecule has 1 fully saturated rings. The fourth-order valence-corrected chi connectivity index (χ4v) is 5.12. The highest BCUT2D eigenvalue weighted by atomic mass is 32.2. The van der Waals surface area contributed by atoms with E-state index in [-0.39, 0.29) is 30.7 Å². The lowest BCUT2D eigenvalue weighted by Gasteiger charge is -2.26. The summed E-state index contributed by atoms with van der Waals surface area (Å²) in [5, 5.41) is 3.01. The number of amides is 3. The van der Waals surface area contributed by atoms with E-state index in [0.717, 1.165) is 36.4 Å². The SMILES string of the molecule is Cc1ccc2c(c1)C(=O)N(CCCC(=O)Nc1cc(CN3CCSCC3)ccc1C)C2=O. The molecule has 0 bridgehead atoms. The number of hydrogen-bond acceptors (Lipinski definition) is 5. The zero-order chi connectivity index (χ0) is 22.7. The number of carbonyl (C=O) groups is 3. The zero-order valence-corrected chi connectivity index (χ0v) is 19.5. The Morgan fingerprint density at radius 3 is 2.53 bits per heavy atom. The van der Waals surface area contributed by atoms with Crippen LogP contribution < -0.4 is 5.32 Å². The Hall–Kier alpha value is -2.64. The van der Waals surface area contributed by atoms with E-state index in [9.17, 15) is 14.4 Å². The average molecular weight is 452 g/mol. The molecule has 0 aliphatic carbocycles. The van der Waals surface area contributed by atoms with E-state index in [1.54, 1.807) is 12.1 Å². The summed E-state index contributed by atoms with van der Waals surface area (Å²) in [6.07, 6.45) is 0.680. The normalized spacial score (nSPS) is 16.4. The highest BCUT2D eigenvalue weighted by molar-refractivity contribution is 7.99. The van der Waals surface area contributed by atoms with Crippen LogP contribution in [0.4, 0.5) is 5.69 Å². The van der Waals surface area contributed by atoms with Crippen molar-refractivity contribution < 1.29 is 14.4 Å². The smallest absolute Gasteiger partial charge is 0.261 e. The second kappa shape index (κ2) is 9.88. The monoisotopic (exact) mass is 451 g/mol. The van der Waals surface area contributed by atoms with Crippen LogP contribution in [-0.4, -0.2) is 58.7 Å². The lowest BCUT2D eigenvalue weighted by atomic mass is 10.1. The van der Waals surface area contributed by atoms with E-state index >= 15 is 0 Å². The van der Waals surface area contributed by atoms with Gasteiger partial charge in [-0.25, -0.2) is 0 Å². The number of hydrogen-bond donors (Lipinski definition) is 1. The lowest BCUT2D eigenvalue weighted by Crippen LogP contribution is -2.32. The van der Waals surface area contributed by atoms with Gasteiger partial charge >= 0.3 is 0 Å². The molecule has 6 nitrogen and oxygen atoms in total. The molecule has 2 heterocycles. The van der Waals surface area contributed by atoms with Crippen LogP contribution in [-0.2, 0) is 11.3 Å². The van der Waals surface area contributed by atoms with Crippen molar-refractivity contribution >= 4 is 35.2 Å². The highest BCUT2D eigenvalue weighted by Crippen LogP contribution is 2.24. The molecule has 2 aromatic rings. The van der Waals surface area contributed by atoms with Crippen LogP contribution in [0.25, 0.3) is 0 Å². The first-order valence-corrected chi connectivity index (χ1v) is 12.2. The Kier molecular flexibility index (Phi) is 6.96. The van der Waals surface area contributed by atoms with Gasteiger partial charge in [-0.15, -0.1) is 0 Å². The standard InChI is InChI=1S/C25H29N3O3S/c1-17-5-8-20-21(14-17)25(31)28(24(20)30)9-3-4-23(29)26-22-15-19(7-6-18(22)2)16-27-10-12-32-13-11-27/h5-8,14-15H,3-4,9-13,16H2,1-2H3,(H,26,29). The van der Waals surface area contributed by atoms with Gasteiger partial charge < -0.3 is 5.32 Å². The quantitative estimate of drug-likeness (QED) is 0.648. The van der Waals surface area contributed by atoms with E-state index in [2.05, 4.69) is 22.3 Å². The van der Waals surface area contributed by atoms with Crippen molar-refractivity contribution in [3.05, 3.63) is 64.2 Å². The molecule has 0 atom stereocenters. The third-order valence-electron chi connectivity index (χ3n) is 6.00. The topological polar surface area (TPSA) is 69.7 Å². The third kappa shape index (κ3) is 5.05. The summed E-state index contributed by atoms with van der Waals surface area (Å²) in [4.78, 5) is 41.3. The predicted molar refractivity (Wildman–Crippen MR) is 128 cm³/mol. The van der Waals surface area contributed by atoms with Gasteiger partial charge in [0, 0.05) is 49.8 Å². The third-order valence-corrected chi connectivity index (χ3v) is 6.94. The minimum atomic E-state index is -0.273. The molecule has 7 heteroatoms. The molecule has 2 aromatic carbocycles. The number of anilines is 1. The van der Waals surface area contributed by atoms with Crippen LogP contribution in [0.5, 0.6) is 0 Å². The Morgan fingerprint density at radius 1 is 1.00 bits per heavy atom. The summed E-state index contributed by atoms with van der Waals surface area (Å²) in [5.74, 6) is 1.69. The van der Waals surface area contributed by atoms with Crippen LogP contribution >= 0.6 is 11.8 Å². The number of aryl methyl sites for hydroxylation is 2. The predicted octanol–water partition coefficient (Wildman–Crippen LogP) is 3.87. The minimum absolute atomic E-state index is 0.105. The molecule has 4 rings (SSSR count). The number of rotatable bonds is 7. The number of thioether (sulfide) groups is 1. The van der Waals surface area contributed by atoms with E-state index in [1.165, 1.54) is 22.0 Å². The largest absolute Gasteiger partial charge is 0.326 e. The Balaban J connectivity index is 1.30. The van der Waals surface area contributed by atoms with E-state index < -0.39 is 0 Å². The molecule has 32 heavy (non-hydrogen) atoms. The zero-order valence-electron chi connectivity index (χ0n) is 18.6. The van der Waals surface area contributed by atoms with Gasteiger partial charge in [-0.1, -0.05) is 23.8 Å². The van der Waals surface area contributed by atoms with Crippen molar-refractivity contribution in [2.24, 2.45) is 0 Å². The Bertz CT molecular complexity index is 1050. The number of fused-ring (bicyclic) bond motifs is 1. The molecular weight excluding hydrogens is 422 g/mol. The molecule has 1 N–H and O–H groups in total. The van der Waals surface area contributed by atoms with Gasteiger partial charge in [0.25, 0.3) is 11.8 Å². The second-order valence-electron chi connectivity index (χ2n) is 8.50. The van der Waals surface area contributed by atoms with Crippen molar-refractivity contribution in [1.29, 1.82) is 0 Å². The summed E-state index contributed by atoms with van der Waals surface area (Å²) >= 11 is 1.99. The number of nitrogens with zero attached hydrogens (tertiary/aromatic N) is 2. The van der Waals surface area contributed by atoms with Crippen molar-refractivity contribution in [1.82, 2.24) is 9.80 Å². The summed E-state index contributed by atoms with van der Waals surface area (Å²) in [6.45, 7) is 7.20. The molecule has 0 radical (unpaired) electrons. The maximum absolute atomic E-state index is 12.6. The lowest BCUT2D eigenvalue weighted by molar-refractivity contribution is -0.116. The second-order valence-corrected chi connectivity index (χ2v) is 9.73. The van der Waals surface area contributed by atoms with Gasteiger partial charge in [0.2, 0.25) is 5.91 Å². The fourth-order valence-electron chi connectivity index (χ4n) is 4.14. The van der Waals surface area contributed by atoms with Crippen molar-refractivity contribution in [2.45, 2.75) is 33.2 Å². The maximum Gasteiger partial charge on any atom is 0.261 e.